The first-order valence-electron chi connectivity index (χ1n) is 5.38. The molecule has 1 aromatic heterocycles. The van der Waals surface area contributed by atoms with E-state index in [1.165, 1.54) is 0 Å². The molecule has 16 heavy (non-hydrogen) atoms. The Morgan fingerprint density at radius 3 is 2.81 bits per heavy atom. The van der Waals surface area contributed by atoms with Crippen LogP contribution in [0.1, 0.15) is 0 Å². The molecule has 3 heteroatoms. The SMILES string of the molecule is CN(C)CCOc1ccnc2ccccc12. The lowest BCUT2D eigenvalue weighted by atomic mass is 10.2. The van der Waals surface area contributed by atoms with Gasteiger partial charge < -0.3 is 9.64 Å². The van der Waals surface area contributed by atoms with Crippen molar-refractivity contribution in [2.45, 2.75) is 0 Å². The van der Waals surface area contributed by atoms with Gasteiger partial charge in [-0.15, -0.1) is 0 Å². The van der Waals surface area contributed by atoms with Crippen LogP contribution < -0.4 is 4.74 Å². The second-order valence-corrected chi connectivity index (χ2v) is 3.98. The zero-order chi connectivity index (χ0) is 11.4. The first-order valence-corrected chi connectivity index (χ1v) is 5.38. The highest BCUT2D eigenvalue weighted by molar-refractivity contribution is 5.84. The quantitative estimate of drug-likeness (QED) is 0.783. The lowest BCUT2D eigenvalue weighted by Crippen LogP contribution is -2.19. The molecule has 84 valence electrons. The van der Waals surface area contributed by atoms with E-state index in [0.29, 0.717) is 6.61 Å². The molecular weight excluding hydrogens is 200 g/mol. The molecule has 1 heterocycles. The second kappa shape index (κ2) is 4.94. The van der Waals surface area contributed by atoms with E-state index in [1.54, 1.807) is 6.20 Å². The van der Waals surface area contributed by atoms with E-state index >= 15 is 0 Å². The van der Waals surface area contributed by atoms with Crippen LogP contribution in [0.25, 0.3) is 10.9 Å². The maximum atomic E-state index is 5.75. The van der Waals surface area contributed by atoms with Gasteiger partial charge >= 0.3 is 0 Å². The number of para-hydroxylation sites is 1. The van der Waals surface area contributed by atoms with Crippen molar-refractivity contribution < 1.29 is 4.74 Å². The number of hydrogen-bond acceptors (Lipinski definition) is 3. The van der Waals surface area contributed by atoms with Crippen LogP contribution in [0.4, 0.5) is 0 Å². The molecule has 0 aliphatic carbocycles. The molecule has 0 bridgehead atoms. The van der Waals surface area contributed by atoms with E-state index < -0.39 is 0 Å². The summed E-state index contributed by atoms with van der Waals surface area (Å²) < 4.78 is 5.75. The molecular formula is C13H16N2O. The Hall–Kier alpha value is -1.61. The highest BCUT2D eigenvalue weighted by atomic mass is 16.5. The standard InChI is InChI=1S/C13H16N2O/c1-15(2)9-10-16-13-7-8-14-12-6-4-3-5-11(12)13/h3-8H,9-10H2,1-2H3. The molecule has 2 rings (SSSR count). The van der Waals surface area contributed by atoms with Crippen LogP contribution in [0.2, 0.25) is 0 Å². The van der Waals surface area contributed by atoms with Crippen LogP contribution in [0.15, 0.2) is 36.5 Å². The van der Waals surface area contributed by atoms with Crippen LogP contribution in [0.5, 0.6) is 5.75 Å². The molecule has 0 saturated carbocycles. The molecule has 0 aliphatic heterocycles. The van der Waals surface area contributed by atoms with Gasteiger partial charge in [0.15, 0.2) is 0 Å². The van der Waals surface area contributed by atoms with Crippen LogP contribution in [0.3, 0.4) is 0 Å². The average molecular weight is 216 g/mol. The normalized spacial score (nSPS) is 10.9. The van der Waals surface area contributed by atoms with Gasteiger partial charge in [-0.3, -0.25) is 4.98 Å². The number of benzene rings is 1. The van der Waals surface area contributed by atoms with E-state index in [0.717, 1.165) is 23.2 Å². The Bertz CT molecular complexity index is 463. The van der Waals surface area contributed by atoms with Crippen molar-refractivity contribution in [2.75, 3.05) is 27.2 Å². The van der Waals surface area contributed by atoms with Gasteiger partial charge in [0.25, 0.3) is 0 Å². The van der Waals surface area contributed by atoms with Gasteiger partial charge in [0.1, 0.15) is 12.4 Å². The molecule has 0 saturated heterocycles. The highest BCUT2D eigenvalue weighted by Gasteiger charge is 2.01. The van der Waals surface area contributed by atoms with E-state index in [2.05, 4.69) is 9.88 Å². The van der Waals surface area contributed by atoms with Crippen LogP contribution >= 0.6 is 0 Å². The van der Waals surface area contributed by atoms with Crippen molar-refractivity contribution >= 4 is 10.9 Å². The van der Waals surface area contributed by atoms with Crippen LogP contribution in [0, 0.1) is 0 Å². The summed E-state index contributed by atoms with van der Waals surface area (Å²) in [6.45, 7) is 1.61. The van der Waals surface area contributed by atoms with E-state index in [1.807, 2.05) is 44.4 Å². The number of likely N-dealkylation sites (N-methyl/N-ethyl adjacent to an activating group) is 1. The molecule has 0 amide bonds. The Morgan fingerprint density at radius 1 is 1.19 bits per heavy atom. The summed E-state index contributed by atoms with van der Waals surface area (Å²) in [5.74, 6) is 0.910. The Kier molecular flexibility index (Phi) is 3.37. The fourth-order valence-electron chi connectivity index (χ4n) is 1.53. The minimum atomic E-state index is 0.695. The van der Waals surface area contributed by atoms with Gasteiger partial charge in [-0.05, 0) is 32.3 Å². The van der Waals surface area contributed by atoms with Gasteiger partial charge in [0.05, 0.1) is 5.52 Å². The molecule has 0 spiro atoms. The van der Waals surface area contributed by atoms with E-state index in [9.17, 15) is 0 Å². The predicted octanol–water partition coefficient (Wildman–Crippen LogP) is 2.18. The third-order valence-corrected chi connectivity index (χ3v) is 2.41. The maximum absolute atomic E-state index is 5.75. The summed E-state index contributed by atoms with van der Waals surface area (Å²) in [4.78, 5) is 6.40. The molecule has 1 aromatic carbocycles. The molecule has 0 radical (unpaired) electrons. The second-order valence-electron chi connectivity index (χ2n) is 3.98. The van der Waals surface area contributed by atoms with E-state index in [-0.39, 0.29) is 0 Å². The lowest BCUT2D eigenvalue weighted by molar-refractivity contribution is 0.263. The van der Waals surface area contributed by atoms with Crippen molar-refractivity contribution in [1.82, 2.24) is 9.88 Å². The first-order chi connectivity index (χ1) is 7.77. The molecule has 0 aliphatic rings. The number of pyridine rings is 1. The summed E-state index contributed by atoms with van der Waals surface area (Å²) in [6.07, 6.45) is 1.79. The number of rotatable bonds is 4. The summed E-state index contributed by atoms with van der Waals surface area (Å²) in [6, 6.07) is 9.93. The van der Waals surface area contributed by atoms with Gasteiger partial charge in [-0.1, -0.05) is 12.1 Å². The van der Waals surface area contributed by atoms with Crippen LogP contribution in [-0.4, -0.2) is 37.1 Å². The van der Waals surface area contributed by atoms with Gasteiger partial charge in [0.2, 0.25) is 0 Å². The van der Waals surface area contributed by atoms with Gasteiger partial charge in [0, 0.05) is 18.1 Å². The fourth-order valence-corrected chi connectivity index (χ4v) is 1.53. The van der Waals surface area contributed by atoms with Crippen molar-refractivity contribution in [1.29, 1.82) is 0 Å². The average Bonchev–Trinajstić information content (AvgIpc) is 2.29. The molecule has 0 N–H and O–H groups in total. The molecule has 2 aromatic rings. The monoisotopic (exact) mass is 216 g/mol. The first kappa shape index (κ1) is 10.9. The Morgan fingerprint density at radius 2 is 2.00 bits per heavy atom. The van der Waals surface area contributed by atoms with Crippen molar-refractivity contribution in [2.24, 2.45) is 0 Å². The molecule has 0 fully saturated rings. The number of ether oxygens (including phenoxy) is 1. The van der Waals surface area contributed by atoms with Crippen LogP contribution in [-0.2, 0) is 0 Å². The number of fused-ring (bicyclic) bond motifs is 1. The minimum Gasteiger partial charge on any atom is -0.491 e. The highest BCUT2D eigenvalue weighted by Crippen LogP contribution is 2.22. The summed E-state index contributed by atoms with van der Waals surface area (Å²) in [5, 5.41) is 1.07. The largest absolute Gasteiger partial charge is 0.491 e. The van der Waals surface area contributed by atoms with E-state index in [4.69, 9.17) is 4.74 Å². The number of aromatic nitrogens is 1. The Labute approximate surface area is 95.7 Å². The topological polar surface area (TPSA) is 25.4 Å². The summed E-state index contributed by atoms with van der Waals surface area (Å²) in [7, 11) is 4.07. The summed E-state index contributed by atoms with van der Waals surface area (Å²) >= 11 is 0. The molecule has 0 unspecified atom stereocenters. The minimum absolute atomic E-state index is 0.695. The predicted molar refractivity (Wildman–Crippen MR) is 65.8 cm³/mol. The third-order valence-electron chi connectivity index (χ3n) is 2.41. The smallest absolute Gasteiger partial charge is 0.130 e. The van der Waals surface area contributed by atoms with Gasteiger partial charge in [-0.25, -0.2) is 0 Å². The summed E-state index contributed by atoms with van der Waals surface area (Å²) in [5.41, 5.74) is 0.977. The molecule has 0 atom stereocenters. The maximum Gasteiger partial charge on any atom is 0.130 e. The number of hydrogen-bond donors (Lipinski definition) is 0. The van der Waals surface area contributed by atoms with Gasteiger partial charge in [-0.2, -0.15) is 0 Å². The Balaban J connectivity index is 2.17. The molecule has 3 nitrogen and oxygen atoms in total. The fraction of sp³-hybridized carbons (Fsp3) is 0.308. The lowest BCUT2D eigenvalue weighted by Gasteiger charge is -2.12. The third kappa shape index (κ3) is 2.49. The zero-order valence-corrected chi connectivity index (χ0v) is 9.68. The van der Waals surface area contributed by atoms with Crippen molar-refractivity contribution in [3.63, 3.8) is 0 Å². The van der Waals surface area contributed by atoms with Crippen molar-refractivity contribution in [3.05, 3.63) is 36.5 Å². The van der Waals surface area contributed by atoms with Crippen molar-refractivity contribution in [3.8, 4) is 5.75 Å². The zero-order valence-electron chi connectivity index (χ0n) is 9.68. The number of nitrogens with zero attached hydrogens (tertiary/aromatic N) is 2.